The topological polar surface area (TPSA) is 116 Å². The lowest BCUT2D eigenvalue weighted by atomic mass is 9.99. The van der Waals surface area contributed by atoms with Gasteiger partial charge in [-0.1, -0.05) is 30.3 Å². The van der Waals surface area contributed by atoms with Gasteiger partial charge in [0.15, 0.2) is 6.04 Å². The molecular formula is C21H28N4O4. The second-order valence-electron chi connectivity index (χ2n) is 7.35. The van der Waals surface area contributed by atoms with Crippen LogP contribution in [0, 0.1) is 0 Å². The van der Waals surface area contributed by atoms with Gasteiger partial charge in [0.1, 0.15) is 11.4 Å². The van der Waals surface area contributed by atoms with Gasteiger partial charge in [-0.2, -0.15) is 0 Å². The highest BCUT2D eigenvalue weighted by Gasteiger charge is 2.34. The highest BCUT2D eigenvalue weighted by atomic mass is 16.6. The average Bonchev–Trinajstić information content (AvgIpc) is 2.65. The first-order valence-electron chi connectivity index (χ1n) is 9.39. The molecule has 0 aliphatic carbocycles. The normalized spacial score (nSPS) is 13.1. The van der Waals surface area contributed by atoms with Gasteiger partial charge >= 0.3 is 12.1 Å². The summed E-state index contributed by atoms with van der Waals surface area (Å²) in [6.45, 7) is 7.19. The number of nitrogens with one attached hydrogen (secondary N) is 2. The van der Waals surface area contributed by atoms with Crippen LogP contribution in [0.25, 0.3) is 0 Å². The highest BCUT2D eigenvalue weighted by molar-refractivity contribution is 5.83. The lowest BCUT2D eigenvalue weighted by Gasteiger charge is -2.29. The summed E-state index contributed by atoms with van der Waals surface area (Å²) in [4.78, 5) is 29.5. The fourth-order valence-corrected chi connectivity index (χ4v) is 2.65. The zero-order valence-electron chi connectivity index (χ0n) is 17.1. The van der Waals surface area contributed by atoms with Crippen LogP contribution in [0.1, 0.15) is 39.3 Å². The monoisotopic (exact) mass is 400 g/mol. The minimum absolute atomic E-state index is 0.183. The minimum Gasteiger partial charge on any atom is -0.464 e. The third-order valence-corrected chi connectivity index (χ3v) is 3.84. The standard InChI is InChI=1S/C21H28N4O4/c1-5-28-19(26)17(24-18-15(22)12-9-13-23-18)16(14-10-7-6-8-11-14)25-20(27)29-21(2,3)4/h6-13,16-17H,5,22H2,1-4H3,(H,23,24)(H,25,27)/t16-,17+/m0/s1. The van der Waals surface area contributed by atoms with Crippen molar-refractivity contribution >= 4 is 23.6 Å². The first-order valence-corrected chi connectivity index (χ1v) is 9.39. The maximum Gasteiger partial charge on any atom is 0.408 e. The number of carbonyl (C=O) groups is 2. The number of amides is 1. The quantitative estimate of drug-likeness (QED) is 0.611. The van der Waals surface area contributed by atoms with Gasteiger partial charge in [-0.3, -0.25) is 0 Å². The van der Waals surface area contributed by atoms with E-state index in [2.05, 4.69) is 15.6 Å². The fourth-order valence-electron chi connectivity index (χ4n) is 2.65. The van der Waals surface area contributed by atoms with Crippen molar-refractivity contribution in [2.75, 3.05) is 17.7 Å². The molecule has 8 heteroatoms. The van der Waals surface area contributed by atoms with Crippen molar-refractivity contribution < 1.29 is 19.1 Å². The Morgan fingerprint density at radius 3 is 2.41 bits per heavy atom. The number of esters is 1. The van der Waals surface area contributed by atoms with Crippen LogP contribution in [0.3, 0.4) is 0 Å². The van der Waals surface area contributed by atoms with E-state index in [1.165, 1.54) is 0 Å². The van der Waals surface area contributed by atoms with Crippen molar-refractivity contribution in [3.05, 3.63) is 54.2 Å². The largest absolute Gasteiger partial charge is 0.464 e. The van der Waals surface area contributed by atoms with Crippen molar-refractivity contribution in [1.82, 2.24) is 10.3 Å². The zero-order valence-corrected chi connectivity index (χ0v) is 17.1. The molecule has 0 spiro atoms. The Balaban J connectivity index is 2.41. The summed E-state index contributed by atoms with van der Waals surface area (Å²) in [6.07, 6.45) is 0.899. The van der Waals surface area contributed by atoms with E-state index in [1.54, 1.807) is 58.2 Å². The number of hydrogen-bond donors (Lipinski definition) is 3. The van der Waals surface area contributed by atoms with E-state index in [-0.39, 0.29) is 6.61 Å². The summed E-state index contributed by atoms with van der Waals surface area (Å²) in [5.41, 5.74) is 6.35. The number of hydrogen-bond acceptors (Lipinski definition) is 7. The number of pyridine rings is 1. The predicted octanol–water partition coefficient (Wildman–Crippen LogP) is 3.27. The summed E-state index contributed by atoms with van der Waals surface area (Å²) < 4.78 is 10.6. The third-order valence-electron chi connectivity index (χ3n) is 3.84. The Morgan fingerprint density at radius 2 is 1.83 bits per heavy atom. The van der Waals surface area contributed by atoms with E-state index < -0.39 is 29.7 Å². The lowest BCUT2D eigenvalue weighted by molar-refractivity contribution is -0.144. The van der Waals surface area contributed by atoms with Crippen LogP contribution in [0.15, 0.2) is 48.7 Å². The number of benzene rings is 1. The van der Waals surface area contributed by atoms with Gasteiger partial charge < -0.3 is 25.8 Å². The SMILES string of the molecule is CCOC(=O)[C@H](Nc1ncccc1N)[C@@H](NC(=O)OC(C)(C)C)c1ccccc1. The number of anilines is 2. The fraction of sp³-hybridized carbons (Fsp3) is 0.381. The number of nitrogen functional groups attached to an aromatic ring is 1. The molecule has 0 aliphatic heterocycles. The Morgan fingerprint density at radius 1 is 1.14 bits per heavy atom. The molecule has 0 fully saturated rings. The van der Waals surface area contributed by atoms with E-state index in [9.17, 15) is 9.59 Å². The molecule has 0 unspecified atom stereocenters. The second kappa shape index (κ2) is 9.77. The number of nitrogens with two attached hydrogens (primary N) is 1. The first kappa shape index (κ1) is 22.0. The van der Waals surface area contributed by atoms with E-state index in [0.29, 0.717) is 17.1 Å². The Kier molecular flexibility index (Phi) is 7.41. The highest BCUT2D eigenvalue weighted by Crippen LogP contribution is 2.24. The van der Waals surface area contributed by atoms with Crippen molar-refractivity contribution in [2.45, 2.75) is 45.4 Å². The molecule has 1 aromatic heterocycles. The van der Waals surface area contributed by atoms with E-state index >= 15 is 0 Å². The molecule has 0 aliphatic rings. The van der Waals surface area contributed by atoms with Gasteiger partial charge in [0.25, 0.3) is 0 Å². The summed E-state index contributed by atoms with van der Waals surface area (Å²) in [5.74, 6) is -0.236. The molecule has 0 radical (unpaired) electrons. The van der Waals surface area contributed by atoms with Gasteiger partial charge in [0.05, 0.1) is 18.3 Å². The van der Waals surface area contributed by atoms with Gasteiger partial charge in [-0.25, -0.2) is 14.6 Å². The number of nitrogens with zero attached hydrogens (tertiary/aromatic N) is 1. The molecule has 1 amide bonds. The van der Waals surface area contributed by atoms with Gasteiger partial charge in [0, 0.05) is 6.20 Å². The van der Waals surface area contributed by atoms with E-state index in [4.69, 9.17) is 15.2 Å². The third kappa shape index (κ3) is 6.67. The maximum absolute atomic E-state index is 12.8. The van der Waals surface area contributed by atoms with Crippen LogP contribution < -0.4 is 16.4 Å². The average molecular weight is 400 g/mol. The molecule has 0 saturated heterocycles. The zero-order chi connectivity index (χ0) is 21.4. The number of aromatic nitrogens is 1. The summed E-state index contributed by atoms with van der Waals surface area (Å²) in [6, 6.07) is 10.7. The molecule has 1 heterocycles. The van der Waals surface area contributed by atoms with Crippen LogP contribution in [0.2, 0.25) is 0 Å². The van der Waals surface area contributed by atoms with E-state index in [0.717, 1.165) is 0 Å². The maximum atomic E-state index is 12.8. The summed E-state index contributed by atoms with van der Waals surface area (Å²) in [7, 11) is 0. The van der Waals surface area contributed by atoms with Crippen molar-refractivity contribution in [2.24, 2.45) is 0 Å². The predicted molar refractivity (Wildman–Crippen MR) is 111 cm³/mol. The number of ether oxygens (including phenoxy) is 2. The minimum atomic E-state index is -0.984. The molecule has 0 saturated carbocycles. The molecule has 0 bridgehead atoms. The Labute approximate surface area is 170 Å². The Hall–Kier alpha value is -3.29. The van der Waals surface area contributed by atoms with Crippen LogP contribution in [0.4, 0.5) is 16.3 Å². The second-order valence-corrected chi connectivity index (χ2v) is 7.35. The summed E-state index contributed by atoms with van der Waals surface area (Å²) >= 11 is 0. The molecule has 8 nitrogen and oxygen atoms in total. The van der Waals surface area contributed by atoms with Crippen molar-refractivity contribution in [1.29, 1.82) is 0 Å². The molecule has 1 aromatic carbocycles. The van der Waals surface area contributed by atoms with Crippen LogP contribution >= 0.6 is 0 Å². The number of carbonyl (C=O) groups excluding carboxylic acids is 2. The molecule has 2 aromatic rings. The summed E-state index contributed by atoms with van der Waals surface area (Å²) in [5, 5.41) is 5.79. The first-order chi connectivity index (χ1) is 13.7. The molecular weight excluding hydrogens is 372 g/mol. The molecule has 2 rings (SSSR count). The molecule has 2 atom stereocenters. The number of rotatable bonds is 7. The molecule has 4 N–H and O–H groups in total. The van der Waals surface area contributed by atoms with E-state index in [1.807, 2.05) is 18.2 Å². The molecule has 29 heavy (non-hydrogen) atoms. The molecule has 156 valence electrons. The smallest absolute Gasteiger partial charge is 0.408 e. The van der Waals surface area contributed by atoms with Crippen molar-refractivity contribution in [3.8, 4) is 0 Å². The van der Waals surface area contributed by atoms with Crippen LogP contribution in [0.5, 0.6) is 0 Å². The van der Waals surface area contributed by atoms with Gasteiger partial charge in [-0.15, -0.1) is 0 Å². The van der Waals surface area contributed by atoms with Crippen molar-refractivity contribution in [3.63, 3.8) is 0 Å². The Bertz CT molecular complexity index is 821. The van der Waals surface area contributed by atoms with Crippen LogP contribution in [-0.2, 0) is 14.3 Å². The number of alkyl carbamates (subject to hydrolysis) is 1. The van der Waals surface area contributed by atoms with Crippen LogP contribution in [-0.4, -0.2) is 35.3 Å². The van der Waals surface area contributed by atoms with Gasteiger partial charge in [0.2, 0.25) is 0 Å². The van der Waals surface area contributed by atoms with Gasteiger partial charge in [-0.05, 0) is 45.4 Å². The lowest BCUT2D eigenvalue weighted by Crippen LogP contribution is -2.47.